The van der Waals surface area contributed by atoms with Gasteiger partial charge in [0, 0.05) is 25.2 Å². The third kappa shape index (κ3) is 2.53. The molecule has 1 unspecified atom stereocenters. The normalized spacial score (nSPS) is 26.5. The lowest BCUT2D eigenvalue weighted by Crippen LogP contribution is -2.45. The van der Waals surface area contributed by atoms with Crippen LogP contribution in [0.5, 0.6) is 5.75 Å². The molecule has 1 fully saturated rings. The zero-order valence-corrected chi connectivity index (χ0v) is 15.1. The van der Waals surface area contributed by atoms with E-state index >= 15 is 0 Å². The van der Waals surface area contributed by atoms with Crippen molar-refractivity contribution < 1.29 is 14.3 Å². The van der Waals surface area contributed by atoms with Crippen LogP contribution in [0.25, 0.3) is 0 Å². The number of amidine groups is 1. The lowest BCUT2D eigenvalue weighted by molar-refractivity contribution is -0.130. The predicted octanol–water partition coefficient (Wildman–Crippen LogP) is 2.27. The van der Waals surface area contributed by atoms with Crippen molar-refractivity contribution in [1.29, 1.82) is 0 Å². The topological polar surface area (TPSA) is 62.2 Å². The van der Waals surface area contributed by atoms with Crippen molar-refractivity contribution in [2.24, 2.45) is 4.99 Å². The molecule has 0 aliphatic carbocycles. The SMILES string of the molecule is O=C1CC2(CCN(C(=O)CC3=CSC4=NCCN34)C2)Oc2ccccc21. The number of carbonyl (C=O) groups excluding carboxylic acids is 2. The van der Waals surface area contributed by atoms with Gasteiger partial charge in [-0.3, -0.25) is 14.6 Å². The summed E-state index contributed by atoms with van der Waals surface area (Å²) in [4.78, 5) is 33.7. The molecule has 4 aliphatic rings. The van der Waals surface area contributed by atoms with Crippen LogP contribution in [-0.2, 0) is 4.79 Å². The summed E-state index contributed by atoms with van der Waals surface area (Å²) in [5, 5.41) is 3.03. The smallest absolute Gasteiger partial charge is 0.228 e. The van der Waals surface area contributed by atoms with Crippen LogP contribution in [0.15, 0.2) is 40.4 Å². The van der Waals surface area contributed by atoms with E-state index in [0.717, 1.165) is 24.0 Å². The Hall–Kier alpha value is -2.28. The zero-order valence-electron chi connectivity index (χ0n) is 14.3. The summed E-state index contributed by atoms with van der Waals surface area (Å²) in [5.41, 5.74) is 1.11. The van der Waals surface area contributed by atoms with E-state index in [1.165, 1.54) is 0 Å². The van der Waals surface area contributed by atoms with Gasteiger partial charge in [0.1, 0.15) is 11.4 Å². The number of aliphatic imine (C=N–C) groups is 1. The minimum absolute atomic E-state index is 0.0942. The average molecular weight is 369 g/mol. The lowest BCUT2D eigenvalue weighted by atomic mass is 9.89. The first-order valence-corrected chi connectivity index (χ1v) is 9.78. The van der Waals surface area contributed by atoms with E-state index in [-0.39, 0.29) is 11.7 Å². The largest absolute Gasteiger partial charge is 0.484 e. The van der Waals surface area contributed by atoms with Crippen LogP contribution in [0.3, 0.4) is 0 Å². The van der Waals surface area contributed by atoms with Gasteiger partial charge in [-0.25, -0.2) is 0 Å². The van der Waals surface area contributed by atoms with Gasteiger partial charge in [0.25, 0.3) is 0 Å². The van der Waals surface area contributed by atoms with Crippen molar-refractivity contribution in [3.8, 4) is 5.75 Å². The van der Waals surface area contributed by atoms with Gasteiger partial charge in [0.15, 0.2) is 11.0 Å². The molecule has 134 valence electrons. The van der Waals surface area contributed by atoms with Crippen molar-refractivity contribution >= 4 is 28.6 Å². The maximum atomic E-state index is 12.8. The second kappa shape index (κ2) is 5.87. The summed E-state index contributed by atoms with van der Waals surface area (Å²) >= 11 is 1.59. The van der Waals surface area contributed by atoms with Crippen molar-refractivity contribution in [1.82, 2.24) is 9.80 Å². The molecular formula is C19H19N3O3S. The first-order chi connectivity index (χ1) is 12.6. The monoisotopic (exact) mass is 369 g/mol. The molecule has 0 saturated carbocycles. The van der Waals surface area contributed by atoms with Crippen molar-refractivity contribution in [2.45, 2.75) is 24.9 Å². The molecule has 0 aromatic heterocycles. The van der Waals surface area contributed by atoms with Gasteiger partial charge < -0.3 is 14.5 Å². The number of fused-ring (bicyclic) bond motifs is 2. The third-order valence-electron chi connectivity index (χ3n) is 5.45. The number of likely N-dealkylation sites (tertiary alicyclic amines) is 1. The molecule has 0 bridgehead atoms. The standard InChI is InChI=1S/C19H19N3O3S/c23-15-10-19(25-16-4-2-1-3-14(15)16)5-7-21(12-19)17(24)9-13-11-26-18-20-6-8-22(13)18/h1-4,11H,5-10,12H2. The van der Waals surface area contributed by atoms with Crippen LogP contribution < -0.4 is 4.74 Å². The Bertz CT molecular complexity index is 865. The van der Waals surface area contributed by atoms with Crippen LogP contribution in [0.4, 0.5) is 0 Å². The van der Waals surface area contributed by atoms with E-state index in [1.54, 1.807) is 11.8 Å². The molecule has 5 rings (SSSR count). The Morgan fingerprint density at radius 1 is 1.31 bits per heavy atom. The molecule has 0 N–H and O–H groups in total. The maximum absolute atomic E-state index is 12.8. The number of hydrogen-bond acceptors (Lipinski definition) is 6. The highest BCUT2D eigenvalue weighted by molar-refractivity contribution is 8.16. The van der Waals surface area contributed by atoms with E-state index < -0.39 is 5.60 Å². The second-order valence-electron chi connectivity index (χ2n) is 7.17. The molecule has 26 heavy (non-hydrogen) atoms. The summed E-state index contributed by atoms with van der Waals surface area (Å²) in [7, 11) is 0. The van der Waals surface area contributed by atoms with Gasteiger partial charge in [-0.2, -0.15) is 0 Å². The molecule has 1 aromatic rings. The Morgan fingerprint density at radius 3 is 3.12 bits per heavy atom. The number of benzene rings is 1. The van der Waals surface area contributed by atoms with Gasteiger partial charge in [-0.15, -0.1) is 0 Å². The van der Waals surface area contributed by atoms with E-state index in [1.807, 2.05) is 34.6 Å². The van der Waals surface area contributed by atoms with E-state index in [2.05, 4.69) is 9.89 Å². The Morgan fingerprint density at radius 2 is 2.19 bits per heavy atom. The Labute approximate surface area is 155 Å². The van der Waals surface area contributed by atoms with Crippen LogP contribution in [0.2, 0.25) is 0 Å². The van der Waals surface area contributed by atoms with Gasteiger partial charge in [-0.1, -0.05) is 23.9 Å². The highest BCUT2D eigenvalue weighted by Crippen LogP contribution is 2.39. The first-order valence-electron chi connectivity index (χ1n) is 8.90. The van der Waals surface area contributed by atoms with Crippen LogP contribution in [0.1, 0.15) is 29.6 Å². The summed E-state index contributed by atoms with van der Waals surface area (Å²) in [5.74, 6) is 0.844. The fraction of sp³-hybridized carbons (Fsp3) is 0.421. The van der Waals surface area contributed by atoms with E-state index in [9.17, 15) is 9.59 Å². The summed E-state index contributed by atoms with van der Waals surface area (Å²) in [6.45, 7) is 2.78. The number of ether oxygens (including phenoxy) is 1. The first kappa shape index (κ1) is 15.9. The molecule has 7 heteroatoms. The Kier molecular flexibility index (Phi) is 3.60. The van der Waals surface area contributed by atoms with Crippen molar-refractivity contribution in [3.05, 3.63) is 40.9 Å². The summed E-state index contributed by atoms with van der Waals surface area (Å²) in [6, 6.07) is 7.38. The number of thioether (sulfide) groups is 1. The number of amides is 1. The molecule has 6 nitrogen and oxygen atoms in total. The molecule has 1 saturated heterocycles. The van der Waals surface area contributed by atoms with E-state index in [0.29, 0.717) is 43.7 Å². The molecule has 1 atom stereocenters. The van der Waals surface area contributed by atoms with Gasteiger partial charge in [0.2, 0.25) is 5.91 Å². The minimum atomic E-state index is -0.569. The molecule has 4 heterocycles. The summed E-state index contributed by atoms with van der Waals surface area (Å²) < 4.78 is 6.21. The number of rotatable bonds is 2. The van der Waals surface area contributed by atoms with E-state index in [4.69, 9.17) is 4.74 Å². The molecule has 4 aliphatic heterocycles. The molecule has 1 amide bonds. The quantitative estimate of drug-likeness (QED) is 0.800. The van der Waals surface area contributed by atoms with Crippen LogP contribution >= 0.6 is 11.8 Å². The number of para-hydroxylation sites is 1. The van der Waals surface area contributed by atoms with Crippen molar-refractivity contribution in [3.63, 3.8) is 0 Å². The lowest BCUT2D eigenvalue weighted by Gasteiger charge is -2.34. The molecule has 1 aromatic carbocycles. The number of Topliss-reactive ketones (excluding diaryl/α,β-unsaturated/α-hetero) is 1. The maximum Gasteiger partial charge on any atom is 0.228 e. The number of nitrogens with zero attached hydrogens (tertiary/aromatic N) is 3. The average Bonchev–Trinajstić information content (AvgIpc) is 3.33. The van der Waals surface area contributed by atoms with Gasteiger partial charge in [0.05, 0.1) is 31.5 Å². The van der Waals surface area contributed by atoms with Gasteiger partial charge in [-0.05, 0) is 17.5 Å². The highest BCUT2D eigenvalue weighted by atomic mass is 32.2. The number of ketones is 1. The third-order valence-corrected chi connectivity index (χ3v) is 6.40. The van der Waals surface area contributed by atoms with Crippen molar-refractivity contribution in [2.75, 3.05) is 26.2 Å². The fourth-order valence-electron chi connectivity index (χ4n) is 4.11. The zero-order chi connectivity index (χ0) is 17.7. The highest BCUT2D eigenvalue weighted by Gasteiger charge is 2.47. The molecule has 0 radical (unpaired) electrons. The Balaban J connectivity index is 1.28. The second-order valence-corrected chi connectivity index (χ2v) is 8.00. The number of carbonyl (C=O) groups is 2. The number of hydrogen-bond donors (Lipinski definition) is 0. The van der Waals surface area contributed by atoms with Crippen LogP contribution in [-0.4, -0.2) is 58.4 Å². The van der Waals surface area contributed by atoms with Gasteiger partial charge >= 0.3 is 0 Å². The summed E-state index contributed by atoms with van der Waals surface area (Å²) in [6.07, 6.45) is 1.42. The molecule has 1 spiro atoms. The minimum Gasteiger partial charge on any atom is -0.484 e. The molecular weight excluding hydrogens is 350 g/mol. The predicted molar refractivity (Wildman–Crippen MR) is 99.2 cm³/mol. The fourth-order valence-corrected chi connectivity index (χ4v) is 5.06. The van der Waals surface area contributed by atoms with Crippen LogP contribution in [0, 0.1) is 0 Å².